The van der Waals surface area contributed by atoms with E-state index >= 15 is 0 Å². The zero-order valence-corrected chi connectivity index (χ0v) is 20.4. The molecule has 0 atom stereocenters. The van der Waals surface area contributed by atoms with Gasteiger partial charge >= 0.3 is 0 Å². The van der Waals surface area contributed by atoms with Crippen molar-refractivity contribution >= 4 is 39.8 Å². The average Bonchev–Trinajstić information content (AvgIpc) is 3.14. The number of aliphatic imine (C=N–C) groups is 1. The molecular weight excluding hydrogens is 501 g/mol. The third kappa shape index (κ3) is 5.94. The number of sulfone groups is 1. The lowest BCUT2D eigenvalue weighted by Gasteiger charge is -2.39. The van der Waals surface area contributed by atoms with E-state index in [4.69, 9.17) is 4.99 Å². The molecule has 2 heterocycles. The molecule has 160 valence electrons. The molecule has 1 N–H and O–H groups in total. The van der Waals surface area contributed by atoms with E-state index in [-0.39, 0.29) is 29.7 Å². The van der Waals surface area contributed by atoms with Crippen molar-refractivity contribution in [1.82, 2.24) is 19.8 Å². The molecule has 0 spiro atoms. The Balaban J connectivity index is 0.00000300. The van der Waals surface area contributed by atoms with Crippen molar-refractivity contribution in [1.29, 1.82) is 0 Å². The van der Waals surface area contributed by atoms with Gasteiger partial charge < -0.3 is 14.8 Å². The van der Waals surface area contributed by atoms with Crippen LogP contribution < -0.4 is 5.32 Å². The van der Waals surface area contributed by atoms with Crippen LogP contribution in [0.1, 0.15) is 31.9 Å². The lowest BCUT2D eigenvalue weighted by atomic mass is 10.1. The summed E-state index contributed by atoms with van der Waals surface area (Å²) >= 11 is 0. The molecule has 0 radical (unpaired) electrons. The average molecular weight is 531 g/mol. The lowest BCUT2D eigenvalue weighted by Crippen LogP contribution is -2.57. The summed E-state index contributed by atoms with van der Waals surface area (Å²) in [5, 5.41) is 3.31. The minimum Gasteiger partial charge on any atom is -0.357 e. The van der Waals surface area contributed by atoms with E-state index < -0.39 is 14.6 Å². The van der Waals surface area contributed by atoms with Crippen molar-refractivity contribution in [3.63, 3.8) is 0 Å². The zero-order valence-electron chi connectivity index (χ0n) is 17.2. The highest BCUT2D eigenvalue weighted by atomic mass is 127. The van der Waals surface area contributed by atoms with Gasteiger partial charge in [0.05, 0.1) is 23.4 Å². The Morgan fingerprint density at radius 2 is 2.07 bits per heavy atom. The normalized spacial score (nSPS) is 18.2. The molecule has 2 aromatic rings. The monoisotopic (exact) mass is 531 g/mol. The number of nitrogens with zero attached hydrogens (tertiary/aromatic N) is 4. The van der Waals surface area contributed by atoms with Crippen LogP contribution in [-0.4, -0.2) is 59.0 Å². The Bertz CT molecular complexity index is 926. The molecule has 1 aliphatic rings. The van der Waals surface area contributed by atoms with Crippen molar-refractivity contribution in [3.05, 3.63) is 54.1 Å². The van der Waals surface area contributed by atoms with Gasteiger partial charge in [-0.1, -0.05) is 24.3 Å². The summed E-state index contributed by atoms with van der Waals surface area (Å²) in [6.45, 7) is 8.57. The van der Waals surface area contributed by atoms with Crippen molar-refractivity contribution in [2.45, 2.75) is 38.6 Å². The standard InChI is InChI=1S/C20H29N5O2S.HI/c1-4-22-19(25-10-11-28(26,27)20(2,3)15-25)23-13-17-6-5-7-18(12-17)14-24-9-8-21-16-24;/h5-9,12,16H,4,10-11,13-15H2,1-3H3,(H,22,23);1H. The van der Waals surface area contributed by atoms with E-state index in [9.17, 15) is 8.42 Å². The Labute approximate surface area is 190 Å². The van der Waals surface area contributed by atoms with Gasteiger partial charge in [-0.05, 0) is 31.9 Å². The molecular formula is C20H30IN5O2S. The van der Waals surface area contributed by atoms with Crippen molar-refractivity contribution in [2.75, 3.05) is 25.4 Å². The first-order valence-corrected chi connectivity index (χ1v) is 11.2. The van der Waals surface area contributed by atoms with Crippen LogP contribution in [0.2, 0.25) is 0 Å². The summed E-state index contributed by atoms with van der Waals surface area (Å²) in [6.07, 6.45) is 5.53. The molecule has 1 aromatic heterocycles. The molecule has 1 saturated heterocycles. The number of rotatable bonds is 5. The predicted octanol–water partition coefficient (Wildman–Crippen LogP) is 2.52. The number of nitrogens with one attached hydrogen (secondary N) is 1. The number of benzene rings is 1. The third-order valence-electron chi connectivity index (χ3n) is 5.01. The van der Waals surface area contributed by atoms with Crippen LogP contribution in [0.25, 0.3) is 0 Å². The fourth-order valence-corrected chi connectivity index (χ4v) is 4.70. The Hall–Kier alpha value is -1.62. The quantitative estimate of drug-likeness (QED) is 0.365. The van der Waals surface area contributed by atoms with Crippen molar-refractivity contribution in [2.24, 2.45) is 4.99 Å². The smallest absolute Gasteiger partial charge is 0.194 e. The Morgan fingerprint density at radius 3 is 2.72 bits per heavy atom. The second-order valence-corrected chi connectivity index (χ2v) is 10.5. The van der Waals surface area contributed by atoms with E-state index in [1.165, 1.54) is 5.56 Å². The van der Waals surface area contributed by atoms with E-state index in [1.807, 2.05) is 23.8 Å². The maximum absolute atomic E-state index is 12.3. The molecule has 3 rings (SSSR count). The fourth-order valence-electron chi connectivity index (χ4n) is 3.33. The summed E-state index contributed by atoms with van der Waals surface area (Å²) in [4.78, 5) is 10.9. The number of hydrogen-bond donors (Lipinski definition) is 1. The van der Waals surface area contributed by atoms with E-state index in [0.717, 1.165) is 24.6 Å². The Kier molecular flexibility index (Phi) is 8.10. The summed E-state index contributed by atoms with van der Waals surface area (Å²) in [5.74, 6) is 0.927. The van der Waals surface area contributed by atoms with Gasteiger partial charge in [0.25, 0.3) is 0 Å². The summed E-state index contributed by atoms with van der Waals surface area (Å²) in [7, 11) is -3.07. The van der Waals surface area contributed by atoms with Gasteiger partial charge in [0, 0.05) is 38.6 Å². The van der Waals surface area contributed by atoms with E-state index in [0.29, 0.717) is 19.6 Å². The molecule has 0 bridgehead atoms. The first-order chi connectivity index (χ1) is 13.3. The fraction of sp³-hybridized carbons (Fsp3) is 0.500. The van der Waals surface area contributed by atoms with Crippen LogP contribution in [0.4, 0.5) is 0 Å². The van der Waals surface area contributed by atoms with Crippen molar-refractivity contribution in [3.8, 4) is 0 Å². The summed E-state index contributed by atoms with van der Waals surface area (Å²) in [5.41, 5.74) is 2.32. The molecule has 1 aliphatic heterocycles. The van der Waals surface area contributed by atoms with Crippen LogP contribution in [0.5, 0.6) is 0 Å². The second kappa shape index (κ2) is 9.92. The molecule has 1 fully saturated rings. The largest absolute Gasteiger partial charge is 0.357 e. The van der Waals surface area contributed by atoms with Crippen LogP contribution in [0, 0.1) is 0 Å². The molecule has 9 heteroatoms. The van der Waals surface area contributed by atoms with Gasteiger partial charge in [0.2, 0.25) is 0 Å². The highest BCUT2D eigenvalue weighted by Crippen LogP contribution is 2.23. The van der Waals surface area contributed by atoms with Crippen LogP contribution in [-0.2, 0) is 22.9 Å². The van der Waals surface area contributed by atoms with E-state index in [1.54, 1.807) is 26.4 Å². The molecule has 7 nitrogen and oxygen atoms in total. The van der Waals surface area contributed by atoms with Gasteiger partial charge in [-0.25, -0.2) is 18.4 Å². The van der Waals surface area contributed by atoms with Gasteiger partial charge in [0.1, 0.15) is 0 Å². The Morgan fingerprint density at radius 1 is 1.31 bits per heavy atom. The molecule has 0 unspecified atom stereocenters. The number of halogens is 1. The topological polar surface area (TPSA) is 79.6 Å². The minimum absolute atomic E-state index is 0. The van der Waals surface area contributed by atoms with Gasteiger partial charge in [-0.2, -0.15) is 0 Å². The van der Waals surface area contributed by atoms with Crippen LogP contribution in [0.3, 0.4) is 0 Å². The second-order valence-electron chi connectivity index (χ2n) is 7.73. The number of guanidine groups is 1. The third-order valence-corrected chi connectivity index (χ3v) is 7.54. The van der Waals surface area contributed by atoms with Gasteiger partial charge in [0.15, 0.2) is 15.8 Å². The van der Waals surface area contributed by atoms with Crippen LogP contribution >= 0.6 is 24.0 Å². The highest BCUT2D eigenvalue weighted by Gasteiger charge is 2.40. The molecule has 0 aliphatic carbocycles. The van der Waals surface area contributed by atoms with Crippen molar-refractivity contribution < 1.29 is 8.42 Å². The number of aromatic nitrogens is 2. The van der Waals surface area contributed by atoms with E-state index in [2.05, 4.69) is 33.4 Å². The first kappa shape index (κ1) is 23.7. The molecule has 1 aromatic carbocycles. The summed E-state index contributed by atoms with van der Waals surface area (Å²) in [6, 6.07) is 8.35. The maximum Gasteiger partial charge on any atom is 0.194 e. The maximum atomic E-state index is 12.3. The van der Waals surface area contributed by atoms with Gasteiger partial charge in [-0.15, -0.1) is 24.0 Å². The number of imidazole rings is 1. The summed E-state index contributed by atoms with van der Waals surface area (Å²) < 4.78 is 25.8. The molecule has 0 amide bonds. The SMILES string of the molecule is CCNC(=NCc1cccc(Cn2ccnc2)c1)N1CCS(=O)(=O)C(C)(C)C1.I. The lowest BCUT2D eigenvalue weighted by molar-refractivity contribution is 0.353. The minimum atomic E-state index is -3.07. The first-order valence-electron chi connectivity index (χ1n) is 9.60. The zero-order chi connectivity index (χ0) is 20.2. The predicted molar refractivity (Wildman–Crippen MR) is 127 cm³/mol. The highest BCUT2D eigenvalue weighted by molar-refractivity contribution is 14.0. The molecule has 0 saturated carbocycles. The molecule has 29 heavy (non-hydrogen) atoms. The van der Waals surface area contributed by atoms with Crippen LogP contribution in [0.15, 0.2) is 48.0 Å². The van der Waals surface area contributed by atoms with Gasteiger partial charge in [-0.3, -0.25) is 0 Å². The number of hydrogen-bond acceptors (Lipinski definition) is 4.